The van der Waals surface area contributed by atoms with E-state index in [0.29, 0.717) is 16.5 Å². The summed E-state index contributed by atoms with van der Waals surface area (Å²) in [6.45, 7) is 0. The summed E-state index contributed by atoms with van der Waals surface area (Å²) in [5, 5.41) is 12.7. The number of benzene rings is 1. The Balaban J connectivity index is 2.07. The van der Waals surface area contributed by atoms with E-state index >= 15 is 0 Å². The lowest BCUT2D eigenvalue weighted by atomic mass is 10.1. The van der Waals surface area contributed by atoms with E-state index in [1.54, 1.807) is 22.9 Å². The molecule has 1 aliphatic rings. The molecule has 0 saturated heterocycles. The highest BCUT2D eigenvalue weighted by molar-refractivity contribution is 6.31. The lowest BCUT2D eigenvalue weighted by Gasteiger charge is -2.08. The average Bonchev–Trinajstić information content (AvgIpc) is 3.07. The van der Waals surface area contributed by atoms with Crippen LogP contribution in [0.2, 0.25) is 5.02 Å². The SMILES string of the molecule is N=C(N)c1ccc(Cl)cc1-n1ccc(C2CC2)n1. The van der Waals surface area contributed by atoms with Gasteiger partial charge in [-0.2, -0.15) is 5.10 Å². The normalized spacial score (nSPS) is 14.7. The molecular weight excluding hydrogens is 248 g/mol. The minimum Gasteiger partial charge on any atom is -0.384 e. The molecule has 0 unspecified atom stereocenters. The molecule has 1 heterocycles. The van der Waals surface area contributed by atoms with Crippen LogP contribution in [0.3, 0.4) is 0 Å². The zero-order valence-corrected chi connectivity index (χ0v) is 10.5. The van der Waals surface area contributed by atoms with Gasteiger partial charge < -0.3 is 5.73 Å². The maximum atomic E-state index is 7.59. The van der Waals surface area contributed by atoms with Crippen molar-refractivity contribution in [3.05, 3.63) is 46.7 Å². The monoisotopic (exact) mass is 260 g/mol. The second-order valence-corrected chi connectivity index (χ2v) is 4.97. The molecule has 0 spiro atoms. The maximum absolute atomic E-state index is 7.59. The van der Waals surface area contributed by atoms with E-state index in [1.165, 1.54) is 12.8 Å². The number of amidine groups is 1. The summed E-state index contributed by atoms with van der Waals surface area (Å²) >= 11 is 6.00. The molecule has 92 valence electrons. The highest BCUT2D eigenvalue weighted by Gasteiger charge is 2.26. The second kappa shape index (κ2) is 4.14. The first-order chi connectivity index (χ1) is 8.65. The third kappa shape index (κ3) is 1.99. The second-order valence-electron chi connectivity index (χ2n) is 4.53. The van der Waals surface area contributed by atoms with Crippen LogP contribution < -0.4 is 5.73 Å². The fraction of sp³-hybridized carbons (Fsp3) is 0.231. The summed E-state index contributed by atoms with van der Waals surface area (Å²) in [6.07, 6.45) is 4.32. The van der Waals surface area contributed by atoms with Crippen LogP contribution in [0.4, 0.5) is 0 Å². The first-order valence-electron chi connectivity index (χ1n) is 5.85. The lowest BCUT2D eigenvalue weighted by molar-refractivity contribution is 0.835. The van der Waals surface area contributed by atoms with E-state index in [1.807, 2.05) is 12.3 Å². The Labute approximate surface area is 110 Å². The Kier molecular flexibility index (Phi) is 2.59. The predicted octanol–water partition coefficient (Wildman–Crippen LogP) is 2.69. The fourth-order valence-electron chi connectivity index (χ4n) is 1.99. The van der Waals surface area contributed by atoms with Gasteiger partial charge in [0.1, 0.15) is 5.84 Å². The van der Waals surface area contributed by atoms with Gasteiger partial charge >= 0.3 is 0 Å². The molecular formula is C13H13ClN4. The number of aromatic nitrogens is 2. The summed E-state index contributed by atoms with van der Waals surface area (Å²) in [7, 11) is 0. The molecule has 1 aliphatic carbocycles. The molecule has 1 saturated carbocycles. The Bertz CT molecular complexity index is 613. The quantitative estimate of drug-likeness (QED) is 0.658. The molecule has 1 fully saturated rings. The smallest absolute Gasteiger partial charge is 0.124 e. The van der Waals surface area contributed by atoms with Crippen LogP contribution in [0.5, 0.6) is 0 Å². The molecule has 1 aromatic carbocycles. The molecule has 0 atom stereocenters. The van der Waals surface area contributed by atoms with Crippen LogP contribution in [-0.4, -0.2) is 15.6 Å². The molecule has 0 aliphatic heterocycles. The lowest BCUT2D eigenvalue weighted by Crippen LogP contribution is -2.15. The van der Waals surface area contributed by atoms with Gasteiger partial charge in [0.15, 0.2) is 0 Å². The van der Waals surface area contributed by atoms with E-state index < -0.39 is 0 Å². The van der Waals surface area contributed by atoms with Gasteiger partial charge in [0.05, 0.1) is 11.4 Å². The largest absolute Gasteiger partial charge is 0.384 e. The Morgan fingerprint density at radius 1 is 1.39 bits per heavy atom. The summed E-state index contributed by atoms with van der Waals surface area (Å²) in [5.41, 5.74) is 8.08. The van der Waals surface area contributed by atoms with Gasteiger partial charge in [0, 0.05) is 22.7 Å². The number of nitrogens with two attached hydrogens (primary N) is 1. The van der Waals surface area contributed by atoms with Crippen LogP contribution in [0.25, 0.3) is 5.69 Å². The van der Waals surface area contributed by atoms with E-state index in [9.17, 15) is 0 Å². The Hall–Kier alpha value is -1.81. The molecule has 3 rings (SSSR count). The van der Waals surface area contributed by atoms with Crippen molar-refractivity contribution in [1.29, 1.82) is 5.41 Å². The zero-order chi connectivity index (χ0) is 12.7. The van der Waals surface area contributed by atoms with Gasteiger partial charge in [-0.25, -0.2) is 4.68 Å². The standard InChI is InChI=1S/C13H13ClN4/c14-9-3-4-10(13(15)16)12(7-9)18-6-5-11(17-18)8-1-2-8/h3-8H,1-2H2,(H3,15,16). The molecule has 18 heavy (non-hydrogen) atoms. The van der Waals surface area contributed by atoms with Crippen LogP contribution in [0.1, 0.15) is 30.0 Å². The van der Waals surface area contributed by atoms with Crippen molar-refractivity contribution in [1.82, 2.24) is 9.78 Å². The van der Waals surface area contributed by atoms with Crippen molar-refractivity contribution >= 4 is 17.4 Å². The molecule has 4 nitrogen and oxygen atoms in total. The summed E-state index contributed by atoms with van der Waals surface area (Å²) in [5.74, 6) is 0.622. The maximum Gasteiger partial charge on any atom is 0.124 e. The number of nitrogens with zero attached hydrogens (tertiary/aromatic N) is 2. The topological polar surface area (TPSA) is 67.7 Å². The van der Waals surface area contributed by atoms with Crippen molar-refractivity contribution < 1.29 is 0 Å². The average molecular weight is 261 g/mol. The first-order valence-corrected chi connectivity index (χ1v) is 6.23. The molecule has 1 aromatic heterocycles. The summed E-state index contributed by atoms with van der Waals surface area (Å²) in [4.78, 5) is 0. The predicted molar refractivity (Wildman–Crippen MR) is 71.6 cm³/mol. The number of hydrogen-bond donors (Lipinski definition) is 2. The highest BCUT2D eigenvalue weighted by atomic mass is 35.5. The van der Waals surface area contributed by atoms with Gasteiger partial charge in [-0.05, 0) is 37.1 Å². The number of nitrogens with one attached hydrogen (secondary N) is 1. The van der Waals surface area contributed by atoms with Crippen molar-refractivity contribution in [2.24, 2.45) is 5.73 Å². The third-order valence-electron chi connectivity index (χ3n) is 3.10. The van der Waals surface area contributed by atoms with Gasteiger partial charge in [-0.3, -0.25) is 5.41 Å². The molecule has 0 radical (unpaired) electrons. The summed E-state index contributed by atoms with van der Waals surface area (Å²) < 4.78 is 1.75. The highest BCUT2D eigenvalue weighted by Crippen LogP contribution is 2.39. The molecule has 3 N–H and O–H groups in total. The Morgan fingerprint density at radius 2 is 2.17 bits per heavy atom. The first kappa shape index (κ1) is 11.3. The van der Waals surface area contributed by atoms with Crippen molar-refractivity contribution in [3.8, 4) is 5.69 Å². The van der Waals surface area contributed by atoms with Gasteiger partial charge in [-0.15, -0.1) is 0 Å². The van der Waals surface area contributed by atoms with E-state index in [2.05, 4.69) is 5.10 Å². The molecule has 2 aromatic rings. The Morgan fingerprint density at radius 3 is 2.83 bits per heavy atom. The number of hydrogen-bond acceptors (Lipinski definition) is 2. The van der Waals surface area contributed by atoms with Crippen molar-refractivity contribution in [2.75, 3.05) is 0 Å². The molecule has 0 bridgehead atoms. The van der Waals surface area contributed by atoms with E-state index in [4.69, 9.17) is 22.7 Å². The van der Waals surface area contributed by atoms with E-state index in [-0.39, 0.29) is 5.84 Å². The van der Waals surface area contributed by atoms with E-state index in [0.717, 1.165) is 11.4 Å². The molecule has 5 heteroatoms. The number of nitrogen functional groups attached to an aromatic ring is 1. The number of rotatable bonds is 3. The van der Waals surface area contributed by atoms with Crippen LogP contribution in [0, 0.1) is 5.41 Å². The van der Waals surface area contributed by atoms with Gasteiger partial charge in [0.2, 0.25) is 0 Å². The minimum absolute atomic E-state index is 0.0186. The van der Waals surface area contributed by atoms with Gasteiger partial charge in [0.25, 0.3) is 0 Å². The fourth-order valence-corrected chi connectivity index (χ4v) is 2.16. The molecule has 0 amide bonds. The summed E-state index contributed by atoms with van der Waals surface area (Å²) in [6, 6.07) is 7.27. The van der Waals surface area contributed by atoms with Crippen LogP contribution >= 0.6 is 11.6 Å². The van der Waals surface area contributed by atoms with Crippen LogP contribution in [-0.2, 0) is 0 Å². The zero-order valence-electron chi connectivity index (χ0n) is 9.73. The van der Waals surface area contributed by atoms with Crippen molar-refractivity contribution in [3.63, 3.8) is 0 Å². The third-order valence-corrected chi connectivity index (χ3v) is 3.34. The minimum atomic E-state index is 0.0186. The van der Waals surface area contributed by atoms with Crippen LogP contribution in [0.15, 0.2) is 30.5 Å². The number of halogens is 1. The van der Waals surface area contributed by atoms with Gasteiger partial charge in [-0.1, -0.05) is 11.6 Å². The van der Waals surface area contributed by atoms with Crippen molar-refractivity contribution in [2.45, 2.75) is 18.8 Å².